The molecule has 0 radical (unpaired) electrons. The van der Waals surface area contributed by atoms with E-state index >= 15 is 0 Å². The largest absolute Gasteiger partial charge is 0.493 e. The van der Waals surface area contributed by atoms with Gasteiger partial charge in [-0.15, -0.1) is 0 Å². The van der Waals surface area contributed by atoms with Crippen molar-refractivity contribution in [1.82, 2.24) is 4.83 Å². The molecule has 174 valence electrons. The predicted molar refractivity (Wildman–Crippen MR) is 138 cm³/mol. The molecule has 0 unspecified atom stereocenters. The lowest BCUT2D eigenvalue weighted by Crippen LogP contribution is -2.18. The monoisotopic (exact) mass is 538 g/mol. The van der Waals surface area contributed by atoms with E-state index in [0.29, 0.717) is 28.1 Å². The SMILES string of the molecule is COc1cc(/C=N\NS(=O)(=O)c2ccc(C)cc2)cc(Br)c1OCc1cccc2ccccc12. The van der Waals surface area contributed by atoms with Crippen LogP contribution in [-0.2, 0) is 16.6 Å². The minimum absolute atomic E-state index is 0.145. The summed E-state index contributed by atoms with van der Waals surface area (Å²) in [5.41, 5.74) is 2.67. The summed E-state index contributed by atoms with van der Waals surface area (Å²) in [4.78, 5) is 2.38. The molecule has 0 aromatic heterocycles. The van der Waals surface area contributed by atoms with E-state index in [1.54, 1.807) is 31.4 Å². The van der Waals surface area contributed by atoms with Crippen LogP contribution in [-0.4, -0.2) is 21.7 Å². The first kappa shape index (κ1) is 23.8. The van der Waals surface area contributed by atoms with Gasteiger partial charge in [0.2, 0.25) is 0 Å². The lowest BCUT2D eigenvalue weighted by atomic mass is 10.1. The number of sulfonamides is 1. The van der Waals surface area contributed by atoms with Crippen molar-refractivity contribution < 1.29 is 17.9 Å². The first-order valence-corrected chi connectivity index (χ1v) is 12.7. The molecular weight excluding hydrogens is 516 g/mol. The van der Waals surface area contributed by atoms with E-state index in [9.17, 15) is 8.42 Å². The molecule has 0 saturated heterocycles. The Morgan fingerprint density at radius 3 is 2.50 bits per heavy atom. The molecule has 1 N–H and O–H groups in total. The fraction of sp³-hybridized carbons (Fsp3) is 0.115. The maximum atomic E-state index is 12.4. The number of nitrogens with one attached hydrogen (secondary N) is 1. The Balaban J connectivity index is 1.51. The average molecular weight is 539 g/mol. The number of fused-ring (bicyclic) bond motifs is 1. The van der Waals surface area contributed by atoms with Crippen LogP contribution < -0.4 is 14.3 Å². The van der Waals surface area contributed by atoms with Gasteiger partial charge in [0.25, 0.3) is 10.0 Å². The number of nitrogens with zero attached hydrogens (tertiary/aromatic N) is 1. The molecule has 0 aliphatic carbocycles. The summed E-state index contributed by atoms with van der Waals surface area (Å²) in [6.45, 7) is 2.25. The van der Waals surface area contributed by atoms with E-state index in [1.807, 2.05) is 31.2 Å². The molecule has 8 heteroatoms. The van der Waals surface area contributed by atoms with Gasteiger partial charge in [-0.3, -0.25) is 0 Å². The summed E-state index contributed by atoms with van der Waals surface area (Å²) in [6.07, 6.45) is 1.41. The Hall–Kier alpha value is -3.36. The van der Waals surface area contributed by atoms with Crippen LogP contribution in [0.25, 0.3) is 10.8 Å². The van der Waals surface area contributed by atoms with Crippen LogP contribution in [0.4, 0.5) is 0 Å². The van der Waals surface area contributed by atoms with Crippen LogP contribution in [0.1, 0.15) is 16.7 Å². The lowest BCUT2D eigenvalue weighted by molar-refractivity contribution is 0.283. The highest BCUT2D eigenvalue weighted by molar-refractivity contribution is 9.10. The van der Waals surface area contributed by atoms with Gasteiger partial charge in [-0.2, -0.15) is 13.5 Å². The first-order valence-electron chi connectivity index (χ1n) is 10.5. The number of methoxy groups -OCH3 is 1. The molecule has 0 amide bonds. The van der Waals surface area contributed by atoms with Crippen LogP contribution in [0, 0.1) is 6.92 Å². The second-order valence-electron chi connectivity index (χ2n) is 7.63. The maximum absolute atomic E-state index is 12.4. The zero-order valence-electron chi connectivity index (χ0n) is 18.7. The topological polar surface area (TPSA) is 77.0 Å². The third kappa shape index (κ3) is 5.40. The zero-order valence-corrected chi connectivity index (χ0v) is 21.1. The number of ether oxygens (including phenoxy) is 2. The van der Waals surface area contributed by atoms with Gasteiger partial charge >= 0.3 is 0 Å². The Kier molecular flexibility index (Phi) is 7.19. The zero-order chi connectivity index (χ0) is 24.1. The van der Waals surface area contributed by atoms with Gasteiger partial charge in [-0.25, -0.2) is 4.83 Å². The summed E-state index contributed by atoms with van der Waals surface area (Å²) in [5.74, 6) is 1.05. The Bertz CT molecular complexity index is 1450. The molecule has 0 aliphatic rings. The van der Waals surface area contributed by atoms with Crippen molar-refractivity contribution in [2.24, 2.45) is 5.10 Å². The Morgan fingerprint density at radius 1 is 1.00 bits per heavy atom. The average Bonchev–Trinajstić information content (AvgIpc) is 2.83. The molecule has 4 aromatic carbocycles. The van der Waals surface area contributed by atoms with Gasteiger partial charge in [0.05, 0.1) is 22.7 Å². The predicted octanol–water partition coefficient (Wildman–Crippen LogP) is 5.81. The summed E-state index contributed by atoms with van der Waals surface area (Å²) in [6, 6.07) is 24.3. The molecule has 34 heavy (non-hydrogen) atoms. The number of rotatable bonds is 8. The number of hydrogen-bond acceptors (Lipinski definition) is 5. The normalized spacial score (nSPS) is 11.6. The second-order valence-corrected chi connectivity index (χ2v) is 10.1. The molecule has 0 bridgehead atoms. The van der Waals surface area contributed by atoms with Crippen molar-refractivity contribution in [3.05, 3.63) is 100 Å². The number of hydrazone groups is 1. The number of halogens is 1. The van der Waals surface area contributed by atoms with Crippen LogP contribution in [0.3, 0.4) is 0 Å². The molecule has 4 rings (SSSR count). The van der Waals surface area contributed by atoms with Crippen LogP contribution in [0.2, 0.25) is 0 Å². The Labute approximate surface area is 207 Å². The van der Waals surface area contributed by atoms with E-state index in [2.05, 4.69) is 44.1 Å². The number of aryl methyl sites for hydroxylation is 1. The standard InChI is InChI=1S/C26H23BrN2O4S/c1-18-10-12-22(13-11-18)34(30,31)29-28-16-19-14-24(27)26(25(15-19)32-2)33-17-21-8-5-7-20-6-3-4-9-23(20)21/h3-16,29H,17H2,1-2H3/b28-16-. The maximum Gasteiger partial charge on any atom is 0.276 e. The van der Waals surface area contributed by atoms with Crippen molar-refractivity contribution in [3.8, 4) is 11.5 Å². The third-order valence-corrected chi connectivity index (χ3v) is 7.05. The smallest absolute Gasteiger partial charge is 0.276 e. The lowest BCUT2D eigenvalue weighted by Gasteiger charge is -2.14. The summed E-state index contributed by atoms with van der Waals surface area (Å²) in [5, 5.41) is 6.18. The van der Waals surface area contributed by atoms with Crippen molar-refractivity contribution >= 4 is 42.9 Å². The van der Waals surface area contributed by atoms with E-state index < -0.39 is 10.0 Å². The van der Waals surface area contributed by atoms with Gasteiger partial charge in [0.1, 0.15) is 6.61 Å². The molecule has 0 saturated carbocycles. The number of benzene rings is 4. The highest BCUT2D eigenvalue weighted by Gasteiger charge is 2.14. The highest BCUT2D eigenvalue weighted by atomic mass is 79.9. The number of hydrogen-bond donors (Lipinski definition) is 1. The van der Waals surface area contributed by atoms with E-state index in [4.69, 9.17) is 9.47 Å². The molecule has 0 fully saturated rings. The van der Waals surface area contributed by atoms with Crippen molar-refractivity contribution in [1.29, 1.82) is 0 Å². The third-order valence-electron chi connectivity index (χ3n) is 5.22. The van der Waals surface area contributed by atoms with E-state index in [1.165, 1.54) is 18.3 Å². The van der Waals surface area contributed by atoms with Crippen molar-refractivity contribution in [2.75, 3.05) is 7.11 Å². The van der Waals surface area contributed by atoms with Gasteiger partial charge in [0.15, 0.2) is 11.5 Å². The van der Waals surface area contributed by atoms with Crippen LogP contribution >= 0.6 is 15.9 Å². The first-order chi connectivity index (χ1) is 16.4. The molecule has 0 heterocycles. The highest BCUT2D eigenvalue weighted by Crippen LogP contribution is 2.37. The molecule has 0 spiro atoms. The molecular formula is C26H23BrN2O4S. The van der Waals surface area contributed by atoms with E-state index in [-0.39, 0.29) is 4.90 Å². The Morgan fingerprint density at radius 2 is 1.74 bits per heavy atom. The molecule has 0 atom stereocenters. The van der Waals surface area contributed by atoms with Crippen molar-refractivity contribution in [2.45, 2.75) is 18.4 Å². The minimum atomic E-state index is -3.75. The van der Waals surface area contributed by atoms with Gasteiger partial charge in [-0.1, -0.05) is 60.2 Å². The van der Waals surface area contributed by atoms with Gasteiger partial charge < -0.3 is 9.47 Å². The summed E-state index contributed by atoms with van der Waals surface area (Å²) in [7, 11) is -2.20. The molecule has 6 nitrogen and oxygen atoms in total. The van der Waals surface area contributed by atoms with Crippen molar-refractivity contribution in [3.63, 3.8) is 0 Å². The quantitative estimate of drug-likeness (QED) is 0.227. The van der Waals surface area contributed by atoms with Gasteiger partial charge in [0, 0.05) is 0 Å². The molecule has 4 aromatic rings. The van der Waals surface area contributed by atoms with Gasteiger partial charge in [-0.05, 0) is 69.0 Å². The van der Waals surface area contributed by atoms with Crippen LogP contribution in [0.5, 0.6) is 11.5 Å². The summed E-state index contributed by atoms with van der Waals surface area (Å²) >= 11 is 3.53. The second kappa shape index (κ2) is 10.3. The minimum Gasteiger partial charge on any atom is -0.493 e. The summed E-state index contributed by atoms with van der Waals surface area (Å²) < 4.78 is 37.1. The van der Waals surface area contributed by atoms with E-state index in [0.717, 1.165) is 21.9 Å². The fourth-order valence-corrected chi connectivity index (χ4v) is 4.83. The van der Waals surface area contributed by atoms with Crippen LogP contribution in [0.15, 0.2) is 93.3 Å². The fourth-order valence-electron chi connectivity index (χ4n) is 3.46. The molecule has 0 aliphatic heterocycles.